The van der Waals surface area contributed by atoms with Crippen LogP contribution in [0.4, 0.5) is 10.5 Å². The van der Waals surface area contributed by atoms with Crippen LogP contribution in [0.15, 0.2) is 18.3 Å². The maximum absolute atomic E-state index is 11.0. The third-order valence-corrected chi connectivity index (χ3v) is 6.27. The van der Waals surface area contributed by atoms with Gasteiger partial charge >= 0.3 is 6.09 Å². The van der Waals surface area contributed by atoms with Gasteiger partial charge in [-0.2, -0.15) is 4.31 Å². The number of halogens is 1. The van der Waals surface area contributed by atoms with Crippen LogP contribution in [0, 0.1) is 0 Å². The van der Waals surface area contributed by atoms with Crippen molar-refractivity contribution in [1.29, 1.82) is 0 Å². The van der Waals surface area contributed by atoms with Crippen molar-refractivity contribution in [3.8, 4) is 0 Å². The first kappa shape index (κ1) is 15.6. The lowest BCUT2D eigenvalue weighted by Crippen LogP contribution is -2.39. The minimum atomic E-state index is -3.17. The monoisotopic (exact) mass is 348 g/mol. The van der Waals surface area contributed by atoms with Gasteiger partial charge in [-0.25, -0.2) is 9.78 Å². The van der Waals surface area contributed by atoms with Crippen LogP contribution in [0.1, 0.15) is 6.42 Å². The highest BCUT2D eigenvalue weighted by Crippen LogP contribution is 2.55. The Morgan fingerprint density at radius 1 is 1.36 bits per heavy atom. The molecule has 3 rings (SSSR count). The molecule has 2 aliphatic rings. The highest BCUT2D eigenvalue weighted by molar-refractivity contribution is 8.23. The summed E-state index contributed by atoms with van der Waals surface area (Å²) in [5.74, 6) is 0. The predicted molar refractivity (Wildman–Crippen MR) is 84.2 cm³/mol. The maximum atomic E-state index is 11.0. The average Bonchev–Trinajstić information content (AvgIpc) is 3.02. The zero-order valence-corrected chi connectivity index (χ0v) is 13.2. The third-order valence-electron chi connectivity index (χ3n) is 3.97. The molecule has 1 amide bonds. The smallest absolute Gasteiger partial charge is 0.407 e. The highest BCUT2D eigenvalue weighted by Gasteiger charge is 2.44. The van der Waals surface area contributed by atoms with Gasteiger partial charge in [0, 0.05) is 31.9 Å². The van der Waals surface area contributed by atoms with Crippen LogP contribution in [0.25, 0.3) is 0 Å². The number of carbonyl (C=O) groups is 1. The van der Waals surface area contributed by atoms with Gasteiger partial charge in [0.25, 0.3) is 0 Å². The quantitative estimate of drug-likeness (QED) is 0.704. The summed E-state index contributed by atoms with van der Waals surface area (Å²) in [7, 11) is -3.17. The lowest BCUT2D eigenvalue weighted by molar-refractivity contribution is 0.152. The Hall–Kier alpha value is -1.26. The Morgan fingerprint density at radius 3 is 2.77 bits per heavy atom. The van der Waals surface area contributed by atoms with E-state index in [-0.39, 0.29) is 17.7 Å². The zero-order valence-electron chi connectivity index (χ0n) is 11.7. The number of hydrogen-bond donors (Lipinski definition) is 3. The van der Waals surface area contributed by atoms with Crippen LogP contribution in [0.5, 0.6) is 0 Å². The second-order valence-corrected chi connectivity index (χ2v) is 7.52. The van der Waals surface area contributed by atoms with Crippen molar-refractivity contribution in [3.05, 3.63) is 23.5 Å². The summed E-state index contributed by atoms with van der Waals surface area (Å²) >= 11 is 5.86. The molecule has 0 aromatic carbocycles. The Labute approximate surface area is 134 Å². The maximum Gasteiger partial charge on any atom is 0.407 e. The normalized spacial score (nSPS) is 26.4. The summed E-state index contributed by atoms with van der Waals surface area (Å²) < 4.78 is 24.3. The number of nitrogens with zero attached hydrogens (tertiary/aromatic N) is 4. The zero-order chi connectivity index (χ0) is 15.9. The number of hydrogen-bond acceptors (Lipinski definition) is 6. The molecule has 2 aliphatic heterocycles. The SMILES string of the molecule is O=C(O)N1CC[C@@H](N2CCN(c3ccnc(Cl)c3)S2(O)O)C1. The molecule has 22 heavy (non-hydrogen) atoms. The Bertz CT molecular complexity index is 590. The second kappa shape index (κ2) is 5.74. The number of rotatable bonds is 2. The van der Waals surface area contributed by atoms with E-state index in [2.05, 4.69) is 4.98 Å². The fourth-order valence-electron chi connectivity index (χ4n) is 2.91. The van der Waals surface area contributed by atoms with E-state index in [1.807, 2.05) is 0 Å². The lowest BCUT2D eigenvalue weighted by Gasteiger charge is -2.45. The molecule has 0 spiro atoms. The van der Waals surface area contributed by atoms with Gasteiger partial charge in [0.15, 0.2) is 0 Å². The fourth-order valence-corrected chi connectivity index (χ4v) is 4.96. The minimum Gasteiger partial charge on any atom is -0.465 e. The summed E-state index contributed by atoms with van der Waals surface area (Å²) in [6.45, 7) is 1.59. The fraction of sp³-hybridized carbons (Fsp3) is 0.500. The van der Waals surface area contributed by atoms with Crippen molar-refractivity contribution in [3.63, 3.8) is 0 Å². The molecule has 0 saturated carbocycles. The van der Waals surface area contributed by atoms with Gasteiger partial charge in [-0.05, 0) is 12.5 Å². The minimum absolute atomic E-state index is 0.191. The first-order chi connectivity index (χ1) is 10.4. The molecule has 122 valence electrons. The van der Waals surface area contributed by atoms with E-state index in [0.29, 0.717) is 31.7 Å². The largest absolute Gasteiger partial charge is 0.465 e. The van der Waals surface area contributed by atoms with Crippen LogP contribution in [0.3, 0.4) is 0 Å². The van der Waals surface area contributed by atoms with Gasteiger partial charge in [-0.1, -0.05) is 22.6 Å². The number of aromatic nitrogens is 1. The van der Waals surface area contributed by atoms with Crippen LogP contribution in [-0.4, -0.2) is 66.7 Å². The highest BCUT2D eigenvalue weighted by atomic mass is 35.5. The molecule has 3 N–H and O–H groups in total. The van der Waals surface area contributed by atoms with Gasteiger partial charge < -0.3 is 10.0 Å². The molecule has 0 radical (unpaired) electrons. The van der Waals surface area contributed by atoms with Crippen LogP contribution < -0.4 is 4.31 Å². The standard InChI is InChI=1S/C12H17ClN4O4S/c13-11-7-9(1-3-14-11)16-5-6-17(22(16,20)21)10-2-4-15(8-10)12(18)19/h1,3,7,10,20-21H,2,4-6,8H2,(H,18,19)/t10-/m1/s1. The molecule has 1 aromatic rings. The van der Waals surface area contributed by atoms with Crippen molar-refractivity contribution < 1.29 is 19.0 Å². The number of carboxylic acid groups (broad SMARTS) is 1. The summed E-state index contributed by atoms with van der Waals surface area (Å²) in [6.07, 6.45) is 1.13. The predicted octanol–water partition coefficient (Wildman–Crippen LogP) is 2.19. The summed E-state index contributed by atoms with van der Waals surface area (Å²) in [4.78, 5) is 16.2. The molecule has 2 fully saturated rings. The van der Waals surface area contributed by atoms with Gasteiger partial charge in [-0.3, -0.25) is 13.4 Å². The van der Waals surface area contributed by atoms with Crippen molar-refractivity contribution >= 4 is 34.3 Å². The van der Waals surface area contributed by atoms with Gasteiger partial charge in [-0.15, -0.1) is 0 Å². The molecule has 0 bridgehead atoms. The first-order valence-electron chi connectivity index (χ1n) is 6.81. The molecular weight excluding hydrogens is 332 g/mol. The number of anilines is 1. The summed E-state index contributed by atoms with van der Waals surface area (Å²) in [5, 5.41) is 9.30. The molecule has 3 heterocycles. The molecule has 10 heteroatoms. The van der Waals surface area contributed by atoms with Crippen molar-refractivity contribution in [2.75, 3.05) is 30.5 Å². The van der Waals surface area contributed by atoms with Crippen molar-refractivity contribution in [1.82, 2.24) is 14.2 Å². The van der Waals surface area contributed by atoms with Crippen LogP contribution >= 0.6 is 22.6 Å². The topological polar surface area (TPSA) is 100 Å². The first-order valence-corrected chi connectivity index (χ1v) is 8.65. The van der Waals surface area contributed by atoms with Gasteiger partial charge in [0.2, 0.25) is 0 Å². The van der Waals surface area contributed by atoms with E-state index in [4.69, 9.17) is 16.7 Å². The van der Waals surface area contributed by atoms with Crippen molar-refractivity contribution in [2.45, 2.75) is 12.5 Å². The van der Waals surface area contributed by atoms with Crippen molar-refractivity contribution in [2.24, 2.45) is 0 Å². The summed E-state index contributed by atoms with van der Waals surface area (Å²) in [6, 6.07) is 3.06. The van der Waals surface area contributed by atoms with Crippen LogP contribution in [0.2, 0.25) is 5.15 Å². The Balaban J connectivity index is 1.78. The Kier molecular flexibility index (Phi) is 4.08. The van der Waals surface area contributed by atoms with Gasteiger partial charge in [0.05, 0.1) is 18.3 Å². The molecule has 0 unspecified atom stereocenters. The summed E-state index contributed by atoms with van der Waals surface area (Å²) in [5.41, 5.74) is 0.593. The van der Waals surface area contributed by atoms with E-state index in [0.717, 1.165) is 0 Å². The number of pyridine rings is 1. The molecule has 1 aromatic heterocycles. The molecule has 0 aliphatic carbocycles. The number of likely N-dealkylation sites (tertiary alicyclic amines) is 1. The van der Waals surface area contributed by atoms with E-state index < -0.39 is 17.1 Å². The second-order valence-electron chi connectivity index (χ2n) is 5.24. The van der Waals surface area contributed by atoms with E-state index in [9.17, 15) is 13.9 Å². The third kappa shape index (κ3) is 2.70. The van der Waals surface area contributed by atoms with E-state index >= 15 is 0 Å². The number of amides is 1. The molecule has 8 nitrogen and oxygen atoms in total. The van der Waals surface area contributed by atoms with E-state index in [1.165, 1.54) is 15.4 Å². The molecule has 1 atom stereocenters. The molecular formula is C12H17ClN4O4S. The lowest BCUT2D eigenvalue weighted by atomic mass is 10.2. The van der Waals surface area contributed by atoms with Crippen LogP contribution in [-0.2, 0) is 0 Å². The molecule has 2 saturated heterocycles. The van der Waals surface area contributed by atoms with Gasteiger partial charge in [0.1, 0.15) is 5.15 Å². The van der Waals surface area contributed by atoms with E-state index in [1.54, 1.807) is 16.4 Å². The average molecular weight is 349 g/mol. The Morgan fingerprint density at radius 2 is 2.14 bits per heavy atom.